The summed E-state index contributed by atoms with van der Waals surface area (Å²) in [6.07, 6.45) is 3.00. The summed E-state index contributed by atoms with van der Waals surface area (Å²) in [6.45, 7) is 5.02. The number of pyridine rings is 1. The second kappa shape index (κ2) is 4.42. The number of rotatable bonds is 3. The molecule has 14 heavy (non-hydrogen) atoms. The molecule has 0 bridgehead atoms. The molecule has 1 N–H and O–H groups in total. The highest BCUT2D eigenvalue weighted by Crippen LogP contribution is 2.12. The Bertz CT molecular complexity index is 295. The lowest BCUT2D eigenvalue weighted by molar-refractivity contribution is 0.251. The molecule has 0 saturated carbocycles. The quantitative estimate of drug-likeness (QED) is 0.785. The van der Waals surface area contributed by atoms with Crippen molar-refractivity contribution >= 4 is 0 Å². The Balaban J connectivity index is 1.85. The zero-order chi connectivity index (χ0) is 9.80. The van der Waals surface area contributed by atoms with Crippen LogP contribution in [0, 0.1) is 12.8 Å². The first-order chi connectivity index (χ1) is 6.84. The number of aryl methyl sites for hydroxylation is 1. The van der Waals surface area contributed by atoms with Gasteiger partial charge in [0, 0.05) is 24.7 Å². The van der Waals surface area contributed by atoms with Gasteiger partial charge in [-0.1, -0.05) is 0 Å². The first-order valence-corrected chi connectivity index (χ1v) is 5.11. The maximum absolute atomic E-state index is 5.62. The highest BCUT2D eigenvalue weighted by atomic mass is 16.5. The summed E-state index contributed by atoms with van der Waals surface area (Å²) >= 11 is 0. The zero-order valence-electron chi connectivity index (χ0n) is 8.49. The molecule has 76 valence electrons. The Morgan fingerprint density at radius 2 is 2.57 bits per heavy atom. The first-order valence-electron chi connectivity index (χ1n) is 5.11. The smallest absolute Gasteiger partial charge is 0.213 e. The normalized spacial score (nSPS) is 21.1. The van der Waals surface area contributed by atoms with E-state index in [0.717, 1.165) is 25.6 Å². The summed E-state index contributed by atoms with van der Waals surface area (Å²) in [5.74, 6) is 1.40. The van der Waals surface area contributed by atoms with Crippen LogP contribution in [0.4, 0.5) is 0 Å². The zero-order valence-corrected chi connectivity index (χ0v) is 8.49. The van der Waals surface area contributed by atoms with E-state index < -0.39 is 0 Å². The van der Waals surface area contributed by atoms with E-state index in [0.29, 0.717) is 5.92 Å². The van der Waals surface area contributed by atoms with E-state index in [-0.39, 0.29) is 0 Å². The molecule has 0 unspecified atom stereocenters. The lowest BCUT2D eigenvalue weighted by atomic mass is 10.1. The maximum Gasteiger partial charge on any atom is 0.213 e. The summed E-state index contributed by atoms with van der Waals surface area (Å²) in [7, 11) is 0. The molecule has 3 heteroatoms. The molecule has 1 atom stereocenters. The SMILES string of the molecule is Cc1ccnc(OC[C@H]2CCNC2)c1. The minimum absolute atomic E-state index is 0.650. The number of ether oxygens (including phenoxy) is 1. The summed E-state index contributed by atoms with van der Waals surface area (Å²) < 4.78 is 5.62. The van der Waals surface area contributed by atoms with E-state index >= 15 is 0 Å². The molecular weight excluding hydrogens is 176 g/mol. The number of nitrogens with zero attached hydrogens (tertiary/aromatic N) is 1. The van der Waals surface area contributed by atoms with E-state index in [1.807, 2.05) is 19.1 Å². The van der Waals surface area contributed by atoms with Crippen LogP contribution in [-0.2, 0) is 0 Å². The fraction of sp³-hybridized carbons (Fsp3) is 0.545. The van der Waals surface area contributed by atoms with Gasteiger partial charge in [-0.2, -0.15) is 0 Å². The van der Waals surface area contributed by atoms with Crippen LogP contribution in [0.15, 0.2) is 18.3 Å². The first kappa shape index (κ1) is 9.46. The van der Waals surface area contributed by atoms with Crippen molar-refractivity contribution < 1.29 is 4.74 Å². The fourth-order valence-electron chi connectivity index (χ4n) is 1.65. The Hall–Kier alpha value is -1.09. The lowest BCUT2D eigenvalue weighted by Gasteiger charge is -2.09. The Morgan fingerprint density at radius 1 is 1.64 bits per heavy atom. The van der Waals surface area contributed by atoms with Gasteiger partial charge in [-0.15, -0.1) is 0 Å². The standard InChI is InChI=1S/C11H16N2O/c1-9-2-5-13-11(6-9)14-8-10-3-4-12-7-10/h2,5-6,10,12H,3-4,7-8H2,1H3/t10-/m0/s1. The van der Waals surface area contributed by atoms with E-state index in [2.05, 4.69) is 10.3 Å². The third-order valence-corrected chi connectivity index (χ3v) is 2.52. The van der Waals surface area contributed by atoms with Crippen LogP contribution < -0.4 is 10.1 Å². The van der Waals surface area contributed by atoms with Crippen LogP contribution in [0.3, 0.4) is 0 Å². The van der Waals surface area contributed by atoms with E-state index in [1.165, 1.54) is 12.0 Å². The molecule has 0 aromatic carbocycles. The summed E-state index contributed by atoms with van der Waals surface area (Å²) in [5, 5.41) is 3.32. The van der Waals surface area contributed by atoms with Crippen molar-refractivity contribution in [2.45, 2.75) is 13.3 Å². The Labute approximate surface area is 84.5 Å². The molecule has 1 aliphatic rings. The average Bonchev–Trinajstić information content (AvgIpc) is 2.67. The molecule has 1 aliphatic heterocycles. The Morgan fingerprint density at radius 3 is 3.29 bits per heavy atom. The lowest BCUT2D eigenvalue weighted by Crippen LogP contribution is -2.15. The summed E-state index contributed by atoms with van der Waals surface area (Å²) in [6, 6.07) is 3.95. The predicted octanol–water partition coefficient (Wildman–Crippen LogP) is 1.38. The van der Waals surface area contributed by atoms with Crippen LogP contribution in [0.5, 0.6) is 5.88 Å². The summed E-state index contributed by atoms with van der Waals surface area (Å²) in [5.41, 5.74) is 1.19. The van der Waals surface area contributed by atoms with Crippen molar-refractivity contribution in [1.29, 1.82) is 0 Å². The van der Waals surface area contributed by atoms with Crippen molar-refractivity contribution in [3.8, 4) is 5.88 Å². The van der Waals surface area contributed by atoms with Crippen molar-refractivity contribution in [2.24, 2.45) is 5.92 Å². The molecule has 0 aliphatic carbocycles. The van der Waals surface area contributed by atoms with Gasteiger partial charge in [0.05, 0.1) is 6.61 Å². The van der Waals surface area contributed by atoms with E-state index in [4.69, 9.17) is 4.74 Å². The van der Waals surface area contributed by atoms with Crippen molar-refractivity contribution in [2.75, 3.05) is 19.7 Å². The molecule has 0 spiro atoms. The van der Waals surface area contributed by atoms with Crippen molar-refractivity contribution in [3.05, 3.63) is 23.9 Å². The molecule has 2 rings (SSSR count). The van der Waals surface area contributed by atoms with Gasteiger partial charge in [-0.25, -0.2) is 4.98 Å². The van der Waals surface area contributed by atoms with Gasteiger partial charge in [0.25, 0.3) is 0 Å². The van der Waals surface area contributed by atoms with Gasteiger partial charge >= 0.3 is 0 Å². The number of hydrogen-bond donors (Lipinski definition) is 1. The Kier molecular flexibility index (Phi) is 2.99. The fourth-order valence-corrected chi connectivity index (χ4v) is 1.65. The highest BCUT2D eigenvalue weighted by molar-refractivity contribution is 5.18. The van der Waals surface area contributed by atoms with Crippen LogP contribution in [0.1, 0.15) is 12.0 Å². The van der Waals surface area contributed by atoms with Gasteiger partial charge in [0.1, 0.15) is 0 Å². The molecule has 3 nitrogen and oxygen atoms in total. The second-order valence-electron chi connectivity index (χ2n) is 3.84. The van der Waals surface area contributed by atoms with Gasteiger partial charge in [-0.3, -0.25) is 0 Å². The molecule has 1 saturated heterocycles. The minimum atomic E-state index is 0.650. The van der Waals surface area contributed by atoms with Gasteiger partial charge in [-0.05, 0) is 31.5 Å². The van der Waals surface area contributed by atoms with E-state index in [1.54, 1.807) is 6.20 Å². The highest BCUT2D eigenvalue weighted by Gasteiger charge is 2.14. The van der Waals surface area contributed by atoms with Gasteiger partial charge in [0.2, 0.25) is 5.88 Å². The monoisotopic (exact) mass is 192 g/mol. The van der Waals surface area contributed by atoms with Gasteiger partial charge in [0.15, 0.2) is 0 Å². The molecule has 1 aromatic heterocycles. The summed E-state index contributed by atoms with van der Waals surface area (Å²) in [4.78, 5) is 4.16. The molecule has 2 heterocycles. The van der Waals surface area contributed by atoms with Crippen LogP contribution >= 0.6 is 0 Å². The molecule has 0 radical (unpaired) electrons. The second-order valence-corrected chi connectivity index (χ2v) is 3.84. The van der Waals surface area contributed by atoms with E-state index in [9.17, 15) is 0 Å². The van der Waals surface area contributed by atoms with Gasteiger partial charge < -0.3 is 10.1 Å². The molecular formula is C11H16N2O. The molecule has 1 fully saturated rings. The molecule has 0 amide bonds. The molecule has 1 aromatic rings. The third kappa shape index (κ3) is 2.45. The van der Waals surface area contributed by atoms with Crippen LogP contribution in [0.25, 0.3) is 0 Å². The topological polar surface area (TPSA) is 34.1 Å². The third-order valence-electron chi connectivity index (χ3n) is 2.52. The number of aromatic nitrogens is 1. The average molecular weight is 192 g/mol. The minimum Gasteiger partial charge on any atom is -0.477 e. The maximum atomic E-state index is 5.62. The number of hydrogen-bond acceptors (Lipinski definition) is 3. The van der Waals surface area contributed by atoms with Crippen molar-refractivity contribution in [3.63, 3.8) is 0 Å². The van der Waals surface area contributed by atoms with Crippen LogP contribution in [0.2, 0.25) is 0 Å². The predicted molar refractivity (Wildman–Crippen MR) is 55.4 cm³/mol. The largest absolute Gasteiger partial charge is 0.477 e. The number of nitrogens with one attached hydrogen (secondary N) is 1. The van der Waals surface area contributed by atoms with Crippen LogP contribution in [-0.4, -0.2) is 24.7 Å². The van der Waals surface area contributed by atoms with Crippen molar-refractivity contribution in [1.82, 2.24) is 10.3 Å².